The summed E-state index contributed by atoms with van der Waals surface area (Å²) >= 11 is 0. The molecule has 240 valence electrons. The van der Waals surface area contributed by atoms with Gasteiger partial charge in [-0.05, 0) is 131 Å². The van der Waals surface area contributed by atoms with Gasteiger partial charge in [-0.3, -0.25) is 0 Å². The number of piperidine rings is 2. The van der Waals surface area contributed by atoms with Gasteiger partial charge in [-0.1, -0.05) is 0 Å². The lowest BCUT2D eigenvalue weighted by molar-refractivity contribution is -0.111. The Morgan fingerprint density at radius 2 is 1.70 bits per heavy atom. The largest absolute Gasteiger partial charge is 0.457 e. The predicted octanol–water partition coefficient (Wildman–Crippen LogP) is 5.77. The Bertz CT molecular complexity index is 1110. The number of hydrogen-bond donors (Lipinski definition) is 4. The van der Waals surface area contributed by atoms with E-state index < -0.39 is 17.8 Å². The van der Waals surface area contributed by atoms with Gasteiger partial charge >= 0.3 is 0 Å². The molecule has 2 saturated heterocycles. The van der Waals surface area contributed by atoms with Crippen molar-refractivity contribution >= 4 is 0 Å². The lowest BCUT2D eigenvalue weighted by Crippen LogP contribution is -2.42. The van der Waals surface area contributed by atoms with E-state index in [1.807, 2.05) is 0 Å². The first-order valence-corrected chi connectivity index (χ1v) is 16.0. The molecule has 2 fully saturated rings. The second-order valence-corrected chi connectivity index (χ2v) is 12.2. The normalized spacial score (nSPS) is 22.1. The van der Waals surface area contributed by atoms with Crippen LogP contribution in [-0.4, -0.2) is 69.4 Å². The number of aliphatic hydroxyl groups is 2. The highest BCUT2D eigenvalue weighted by Crippen LogP contribution is 2.44. The smallest absolute Gasteiger partial charge is 0.134 e. The van der Waals surface area contributed by atoms with Gasteiger partial charge < -0.3 is 35.1 Å². The molecule has 0 spiro atoms. The number of rotatable bonds is 16. The molecule has 0 radical (unpaired) electrons. The molecule has 0 amide bonds. The van der Waals surface area contributed by atoms with E-state index in [-0.39, 0.29) is 23.5 Å². The van der Waals surface area contributed by atoms with E-state index in [1.165, 1.54) is 30.3 Å². The molecule has 2 heterocycles. The van der Waals surface area contributed by atoms with Crippen LogP contribution in [0.1, 0.15) is 81.3 Å². The molecule has 0 bridgehead atoms. The third-order valence-corrected chi connectivity index (χ3v) is 9.16. The lowest BCUT2D eigenvalue weighted by atomic mass is 9.79. The Kier molecular flexibility index (Phi) is 13.2. The number of methoxy groups -OCH3 is 2. The van der Waals surface area contributed by atoms with Crippen LogP contribution in [0.2, 0.25) is 0 Å². The molecule has 0 saturated carbocycles. The minimum absolute atomic E-state index is 0.0258. The minimum atomic E-state index is -1.58. The SMILES string of the molecule is COCCCCC(O)(c1cc(F)c(C2CCCNC2)cc1Oc1ccc(F)cc1)C(CCCC(O)C1CCCNC1)OC. The quantitative estimate of drug-likeness (QED) is 0.181. The van der Waals surface area contributed by atoms with Crippen molar-refractivity contribution in [1.82, 2.24) is 10.6 Å². The van der Waals surface area contributed by atoms with Crippen molar-refractivity contribution < 1.29 is 33.2 Å². The van der Waals surface area contributed by atoms with E-state index in [0.717, 1.165) is 45.3 Å². The summed E-state index contributed by atoms with van der Waals surface area (Å²) in [6.45, 7) is 3.89. The van der Waals surface area contributed by atoms with Crippen LogP contribution in [0.3, 0.4) is 0 Å². The fourth-order valence-electron chi connectivity index (χ4n) is 6.67. The zero-order valence-electron chi connectivity index (χ0n) is 25.8. The fraction of sp³-hybridized carbons (Fsp3) is 0.647. The van der Waals surface area contributed by atoms with Crippen LogP contribution in [-0.2, 0) is 15.1 Å². The van der Waals surface area contributed by atoms with Gasteiger partial charge in [0.15, 0.2) is 0 Å². The van der Waals surface area contributed by atoms with Crippen LogP contribution in [0, 0.1) is 17.6 Å². The summed E-state index contributed by atoms with van der Waals surface area (Å²) in [5, 5.41) is 30.1. The Morgan fingerprint density at radius 3 is 2.35 bits per heavy atom. The molecule has 0 aliphatic carbocycles. The van der Waals surface area contributed by atoms with Crippen molar-refractivity contribution in [1.29, 1.82) is 0 Å². The Labute approximate surface area is 255 Å². The van der Waals surface area contributed by atoms with E-state index in [2.05, 4.69) is 10.6 Å². The highest BCUT2D eigenvalue weighted by molar-refractivity contribution is 5.46. The van der Waals surface area contributed by atoms with Gasteiger partial charge in [0.2, 0.25) is 0 Å². The molecule has 2 aromatic carbocycles. The number of aliphatic hydroxyl groups excluding tert-OH is 1. The van der Waals surface area contributed by atoms with Crippen molar-refractivity contribution in [3.05, 3.63) is 59.2 Å². The van der Waals surface area contributed by atoms with Crippen LogP contribution < -0.4 is 15.4 Å². The second kappa shape index (κ2) is 16.8. The molecular weight excluding hydrogens is 554 g/mol. The average molecular weight is 605 g/mol. The first-order chi connectivity index (χ1) is 20.9. The summed E-state index contributed by atoms with van der Waals surface area (Å²) < 4.78 is 47.2. The summed E-state index contributed by atoms with van der Waals surface area (Å²) in [4.78, 5) is 0. The van der Waals surface area contributed by atoms with Crippen LogP contribution in [0.5, 0.6) is 11.5 Å². The molecule has 4 rings (SSSR count). The Balaban J connectivity index is 1.66. The van der Waals surface area contributed by atoms with Gasteiger partial charge in [-0.2, -0.15) is 0 Å². The van der Waals surface area contributed by atoms with Gasteiger partial charge in [0.1, 0.15) is 28.7 Å². The zero-order chi connectivity index (χ0) is 30.7. The summed E-state index contributed by atoms with van der Waals surface area (Å²) in [5.41, 5.74) is -0.740. The number of hydrogen-bond acceptors (Lipinski definition) is 7. The van der Waals surface area contributed by atoms with Crippen molar-refractivity contribution in [3.63, 3.8) is 0 Å². The van der Waals surface area contributed by atoms with Gasteiger partial charge in [-0.25, -0.2) is 8.78 Å². The summed E-state index contributed by atoms with van der Waals surface area (Å²) in [7, 11) is 3.20. The molecule has 5 atom stereocenters. The molecule has 9 heteroatoms. The molecule has 2 aromatic rings. The van der Waals surface area contributed by atoms with E-state index in [9.17, 15) is 14.6 Å². The molecule has 5 unspecified atom stereocenters. The minimum Gasteiger partial charge on any atom is -0.457 e. The molecular formula is C34H50F2N2O5. The highest BCUT2D eigenvalue weighted by atomic mass is 19.1. The van der Waals surface area contributed by atoms with Crippen LogP contribution in [0.4, 0.5) is 8.78 Å². The van der Waals surface area contributed by atoms with E-state index >= 15 is 4.39 Å². The number of nitrogens with one attached hydrogen (secondary N) is 2. The second-order valence-electron chi connectivity index (χ2n) is 12.2. The standard InChI is InChI=1S/C34H50F2N2O5/c1-41-19-4-3-16-34(40,33(42-2)11-5-10-31(39)25-9-7-18-38-23-25)29-21-30(36)28(24-8-6-17-37-22-24)20-32(29)43-27-14-12-26(35)13-15-27/h12-15,20-21,24-25,31,33,37-40H,3-11,16-19,22-23H2,1-2H3. The number of ether oxygens (including phenoxy) is 3. The topological polar surface area (TPSA) is 92.2 Å². The fourth-order valence-corrected chi connectivity index (χ4v) is 6.67. The summed E-state index contributed by atoms with van der Waals surface area (Å²) in [6.07, 6.45) is 6.06. The van der Waals surface area contributed by atoms with E-state index in [4.69, 9.17) is 14.2 Å². The van der Waals surface area contributed by atoms with E-state index in [0.29, 0.717) is 74.3 Å². The van der Waals surface area contributed by atoms with Gasteiger partial charge in [0, 0.05) is 39.5 Å². The van der Waals surface area contributed by atoms with Crippen molar-refractivity contribution in [3.8, 4) is 11.5 Å². The van der Waals surface area contributed by atoms with Gasteiger partial charge in [0.25, 0.3) is 0 Å². The number of halogens is 2. The molecule has 7 nitrogen and oxygen atoms in total. The Morgan fingerprint density at radius 1 is 0.953 bits per heavy atom. The third kappa shape index (κ3) is 9.19. The summed E-state index contributed by atoms with van der Waals surface area (Å²) in [6, 6.07) is 8.79. The van der Waals surface area contributed by atoms with Crippen LogP contribution >= 0.6 is 0 Å². The highest BCUT2D eigenvalue weighted by Gasteiger charge is 2.42. The van der Waals surface area contributed by atoms with E-state index in [1.54, 1.807) is 20.3 Å². The first-order valence-electron chi connectivity index (χ1n) is 16.0. The lowest BCUT2D eigenvalue weighted by Gasteiger charge is -2.38. The summed E-state index contributed by atoms with van der Waals surface area (Å²) in [5.74, 6) is 0.137. The van der Waals surface area contributed by atoms with Crippen LogP contribution in [0.15, 0.2) is 36.4 Å². The van der Waals surface area contributed by atoms with Crippen LogP contribution in [0.25, 0.3) is 0 Å². The van der Waals surface area contributed by atoms with Gasteiger partial charge in [0.05, 0.1) is 12.2 Å². The first kappa shape index (κ1) is 33.7. The molecule has 0 aromatic heterocycles. The van der Waals surface area contributed by atoms with Crippen molar-refractivity contribution in [2.75, 3.05) is 47.0 Å². The van der Waals surface area contributed by atoms with Gasteiger partial charge in [-0.15, -0.1) is 0 Å². The zero-order valence-corrected chi connectivity index (χ0v) is 25.8. The maximum Gasteiger partial charge on any atom is 0.134 e. The average Bonchev–Trinajstić information content (AvgIpc) is 3.03. The molecule has 4 N–H and O–H groups in total. The van der Waals surface area contributed by atoms with Crippen molar-refractivity contribution in [2.45, 2.75) is 87.9 Å². The Hall–Kier alpha value is -2.14. The number of unbranched alkanes of at least 4 members (excludes halogenated alkanes) is 1. The maximum absolute atomic E-state index is 16.0. The maximum atomic E-state index is 16.0. The van der Waals surface area contributed by atoms with Crippen molar-refractivity contribution in [2.24, 2.45) is 5.92 Å². The monoisotopic (exact) mass is 604 g/mol. The third-order valence-electron chi connectivity index (χ3n) is 9.16. The number of benzene rings is 2. The molecule has 2 aliphatic heterocycles. The predicted molar refractivity (Wildman–Crippen MR) is 164 cm³/mol. The molecule has 2 aliphatic rings. The molecule has 43 heavy (non-hydrogen) atoms.